The SMILES string of the molecule is CCOc1ccccc1NC(=O)c1ccc(C)c(N2CCCCS2(=O)=O)c1. The number of nitrogens with one attached hydrogen (secondary N) is 1. The molecule has 7 heteroatoms. The zero-order valence-electron chi connectivity index (χ0n) is 15.6. The quantitative estimate of drug-likeness (QED) is 0.849. The van der Waals surface area contributed by atoms with Crippen LogP contribution in [0.3, 0.4) is 0 Å². The molecule has 1 heterocycles. The number of hydrogen-bond acceptors (Lipinski definition) is 4. The highest BCUT2D eigenvalue weighted by Crippen LogP contribution is 2.29. The zero-order chi connectivity index (χ0) is 19.4. The molecule has 0 radical (unpaired) electrons. The number of para-hydroxylation sites is 2. The molecule has 0 unspecified atom stereocenters. The van der Waals surface area contributed by atoms with Gasteiger partial charge < -0.3 is 10.1 Å². The fraction of sp³-hybridized carbons (Fsp3) is 0.350. The minimum absolute atomic E-state index is 0.143. The van der Waals surface area contributed by atoms with Crippen molar-refractivity contribution in [3.8, 4) is 5.75 Å². The molecule has 1 amide bonds. The normalized spacial score (nSPS) is 16.0. The molecule has 0 spiro atoms. The van der Waals surface area contributed by atoms with E-state index < -0.39 is 10.0 Å². The molecule has 0 bridgehead atoms. The number of carbonyl (C=O) groups is 1. The van der Waals surface area contributed by atoms with Gasteiger partial charge in [-0.05, 0) is 56.5 Å². The molecule has 27 heavy (non-hydrogen) atoms. The number of rotatable bonds is 5. The molecular weight excluding hydrogens is 364 g/mol. The molecule has 2 aromatic carbocycles. The largest absolute Gasteiger partial charge is 0.492 e. The van der Waals surface area contributed by atoms with E-state index in [1.165, 1.54) is 4.31 Å². The van der Waals surface area contributed by atoms with Crippen LogP contribution in [0.15, 0.2) is 42.5 Å². The number of carbonyl (C=O) groups excluding carboxylic acids is 1. The summed E-state index contributed by atoms with van der Waals surface area (Å²) in [5.41, 5.74) is 2.38. The molecule has 0 aromatic heterocycles. The van der Waals surface area contributed by atoms with E-state index in [-0.39, 0.29) is 11.7 Å². The first-order valence-corrected chi connectivity index (χ1v) is 10.7. The standard InChI is InChI=1S/C20H24N2O4S/c1-3-26-19-9-5-4-8-17(19)21-20(23)16-11-10-15(2)18(14-16)22-12-6-7-13-27(22,24)25/h4-5,8-11,14H,3,6-7,12-13H2,1-2H3,(H,21,23). The Morgan fingerprint density at radius 3 is 2.70 bits per heavy atom. The molecule has 1 N–H and O–H groups in total. The van der Waals surface area contributed by atoms with Crippen molar-refractivity contribution >= 4 is 27.3 Å². The van der Waals surface area contributed by atoms with Crippen LogP contribution in [0.2, 0.25) is 0 Å². The maximum absolute atomic E-state index is 12.7. The van der Waals surface area contributed by atoms with Crippen molar-refractivity contribution < 1.29 is 17.9 Å². The van der Waals surface area contributed by atoms with Gasteiger partial charge in [-0.3, -0.25) is 9.10 Å². The van der Waals surface area contributed by atoms with Gasteiger partial charge in [0, 0.05) is 12.1 Å². The lowest BCUT2D eigenvalue weighted by Crippen LogP contribution is -2.38. The van der Waals surface area contributed by atoms with Crippen molar-refractivity contribution in [2.24, 2.45) is 0 Å². The summed E-state index contributed by atoms with van der Waals surface area (Å²) in [6.07, 6.45) is 1.49. The molecule has 1 aliphatic rings. The topological polar surface area (TPSA) is 75.7 Å². The van der Waals surface area contributed by atoms with Crippen LogP contribution in [0.25, 0.3) is 0 Å². The number of aryl methyl sites for hydroxylation is 1. The van der Waals surface area contributed by atoms with Gasteiger partial charge in [0.15, 0.2) is 0 Å². The molecule has 0 aliphatic carbocycles. The second-order valence-electron chi connectivity index (χ2n) is 6.48. The highest BCUT2D eigenvalue weighted by Gasteiger charge is 2.27. The highest BCUT2D eigenvalue weighted by molar-refractivity contribution is 7.92. The first-order valence-electron chi connectivity index (χ1n) is 9.06. The molecule has 144 valence electrons. The number of sulfonamides is 1. The van der Waals surface area contributed by atoms with Crippen molar-refractivity contribution in [3.63, 3.8) is 0 Å². The molecule has 6 nitrogen and oxygen atoms in total. The summed E-state index contributed by atoms with van der Waals surface area (Å²) in [7, 11) is -3.33. The molecule has 3 rings (SSSR count). The van der Waals surface area contributed by atoms with Gasteiger partial charge in [0.25, 0.3) is 5.91 Å². The molecule has 1 saturated heterocycles. The predicted octanol–water partition coefficient (Wildman–Crippen LogP) is 3.58. The van der Waals surface area contributed by atoms with Gasteiger partial charge in [0.05, 0.1) is 23.7 Å². The fourth-order valence-electron chi connectivity index (χ4n) is 3.12. The molecule has 0 saturated carbocycles. The third-order valence-electron chi connectivity index (χ3n) is 4.52. The molecule has 1 aliphatic heterocycles. The van der Waals surface area contributed by atoms with Crippen LogP contribution in [-0.2, 0) is 10.0 Å². The minimum atomic E-state index is -3.33. The van der Waals surface area contributed by atoms with Crippen LogP contribution in [0.5, 0.6) is 5.75 Å². The van der Waals surface area contributed by atoms with E-state index in [2.05, 4.69) is 5.32 Å². The Kier molecular flexibility index (Phi) is 5.70. The maximum atomic E-state index is 12.7. The maximum Gasteiger partial charge on any atom is 0.255 e. The number of benzene rings is 2. The van der Waals surface area contributed by atoms with Crippen LogP contribution in [0.4, 0.5) is 11.4 Å². The molecule has 0 atom stereocenters. The van der Waals surface area contributed by atoms with Gasteiger partial charge in [-0.1, -0.05) is 18.2 Å². The number of hydrogen-bond donors (Lipinski definition) is 1. The second-order valence-corrected chi connectivity index (χ2v) is 8.49. The van der Waals surface area contributed by atoms with Crippen LogP contribution in [0.1, 0.15) is 35.7 Å². The molecule has 2 aromatic rings. The summed E-state index contributed by atoms with van der Waals surface area (Å²) in [4.78, 5) is 12.7. The molecular formula is C20H24N2O4S. The third-order valence-corrected chi connectivity index (χ3v) is 6.38. The third kappa shape index (κ3) is 4.24. The fourth-order valence-corrected chi connectivity index (χ4v) is 4.82. The second kappa shape index (κ2) is 8.00. The van der Waals surface area contributed by atoms with Crippen LogP contribution in [-0.4, -0.2) is 33.2 Å². The Labute approximate surface area is 160 Å². The van der Waals surface area contributed by atoms with Crippen LogP contribution < -0.4 is 14.4 Å². The van der Waals surface area contributed by atoms with Gasteiger partial charge in [-0.2, -0.15) is 0 Å². The summed E-state index contributed by atoms with van der Waals surface area (Å²) in [6.45, 7) is 4.67. The summed E-state index contributed by atoms with van der Waals surface area (Å²) in [5, 5.41) is 2.85. The summed E-state index contributed by atoms with van der Waals surface area (Å²) in [6, 6.07) is 12.4. The average molecular weight is 388 g/mol. The first-order chi connectivity index (χ1) is 12.9. The number of anilines is 2. The van der Waals surface area contributed by atoms with E-state index in [0.29, 0.717) is 42.3 Å². The Bertz CT molecular complexity index is 941. The van der Waals surface area contributed by atoms with Gasteiger partial charge >= 0.3 is 0 Å². The lowest BCUT2D eigenvalue weighted by atomic mass is 10.1. The lowest BCUT2D eigenvalue weighted by molar-refractivity contribution is 0.102. The van der Waals surface area contributed by atoms with E-state index >= 15 is 0 Å². The average Bonchev–Trinajstić information content (AvgIpc) is 2.64. The van der Waals surface area contributed by atoms with Crippen molar-refractivity contribution in [3.05, 3.63) is 53.6 Å². The zero-order valence-corrected chi connectivity index (χ0v) is 16.4. The van der Waals surface area contributed by atoms with E-state index in [0.717, 1.165) is 12.0 Å². The predicted molar refractivity (Wildman–Crippen MR) is 107 cm³/mol. The smallest absolute Gasteiger partial charge is 0.255 e. The summed E-state index contributed by atoms with van der Waals surface area (Å²) < 4.78 is 31.8. The van der Waals surface area contributed by atoms with E-state index in [4.69, 9.17) is 4.74 Å². The van der Waals surface area contributed by atoms with Crippen molar-refractivity contribution in [1.29, 1.82) is 0 Å². The van der Waals surface area contributed by atoms with Crippen molar-refractivity contribution in [1.82, 2.24) is 0 Å². The van der Waals surface area contributed by atoms with E-state index in [1.54, 1.807) is 30.3 Å². The number of ether oxygens (including phenoxy) is 1. The van der Waals surface area contributed by atoms with Gasteiger partial charge in [0.1, 0.15) is 5.75 Å². The van der Waals surface area contributed by atoms with E-state index in [1.807, 2.05) is 26.0 Å². The molecule has 1 fully saturated rings. The monoisotopic (exact) mass is 388 g/mol. The highest BCUT2D eigenvalue weighted by atomic mass is 32.2. The number of amides is 1. The summed E-state index contributed by atoms with van der Waals surface area (Å²) >= 11 is 0. The Morgan fingerprint density at radius 2 is 1.96 bits per heavy atom. The Balaban J connectivity index is 1.89. The van der Waals surface area contributed by atoms with Crippen molar-refractivity contribution in [2.75, 3.05) is 28.5 Å². The summed E-state index contributed by atoms with van der Waals surface area (Å²) in [5.74, 6) is 0.432. The first kappa shape index (κ1) is 19.2. The van der Waals surface area contributed by atoms with Gasteiger partial charge in [0.2, 0.25) is 10.0 Å². The van der Waals surface area contributed by atoms with Crippen LogP contribution in [0, 0.1) is 6.92 Å². The van der Waals surface area contributed by atoms with Gasteiger partial charge in [-0.15, -0.1) is 0 Å². The van der Waals surface area contributed by atoms with Crippen LogP contribution >= 0.6 is 0 Å². The Morgan fingerprint density at radius 1 is 1.19 bits per heavy atom. The van der Waals surface area contributed by atoms with Crippen molar-refractivity contribution in [2.45, 2.75) is 26.7 Å². The Hall–Kier alpha value is -2.54. The van der Waals surface area contributed by atoms with Gasteiger partial charge in [-0.25, -0.2) is 8.42 Å². The minimum Gasteiger partial charge on any atom is -0.492 e. The lowest BCUT2D eigenvalue weighted by Gasteiger charge is -2.29. The van der Waals surface area contributed by atoms with E-state index in [9.17, 15) is 13.2 Å². The number of nitrogens with zero attached hydrogens (tertiary/aromatic N) is 1.